The fraction of sp³-hybridized carbons (Fsp3) is 0.300. The number of carbonyl (C=O) groups is 1. The lowest BCUT2D eigenvalue weighted by Gasteiger charge is -2.13. The Morgan fingerprint density at radius 1 is 1.47 bits per heavy atom. The smallest absolute Gasteiger partial charge is 0.318 e. The Hall–Kier alpha value is 0.260. The lowest BCUT2D eigenvalue weighted by atomic mass is 10.2. The van der Waals surface area contributed by atoms with Crippen molar-refractivity contribution in [3.05, 3.63) is 24.8 Å². The summed E-state index contributed by atoms with van der Waals surface area (Å²) in [4.78, 5) is 10.9. The van der Waals surface area contributed by atoms with Crippen molar-refractivity contribution >= 4 is 62.9 Å². The maximum atomic E-state index is 10.9. The minimum atomic E-state index is -0.815. The largest absolute Gasteiger partial charge is 0.506 e. The maximum absolute atomic E-state index is 10.9. The minimum absolute atomic E-state index is 0.153. The Labute approximate surface area is 130 Å². The van der Waals surface area contributed by atoms with Crippen LogP contribution in [0, 0.1) is 7.14 Å². The molecule has 1 aromatic rings. The van der Waals surface area contributed by atoms with Gasteiger partial charge in [0.05, 0.1) is 8.94 Å². The van der Waals surface area contributed by atoms with Crippen molar-refractivity contribution in [1.29, 1.82) is 0 Å². The monoisotopic (exact) mass is 477 g/mol. The highest BCUT2D eigenvalue weighted by Gasteiger charge is 2.32. The van der Waals surface area contributed by atoms with E-state index in [1.54, 1.807) is 0 Å². The maximum Gasteiger partial charge on any atom is 0.318 e. The van der Waals surface area contributed by atoms with E-state index in [0.29, 0.717) is 6.54 Å². The Morgan fingerprint density at radius 2 is 2.18 bits per heavy atom. The van der Waals surface area contributed by atoms with Gasteiger partial charge in [-0.2, -0.15) is 0 Å². The lowest BCUT2D eigenvalue weighted by molar-refractivity contribution is -0.136. The molecule has 2 rings (SSSR count). The van der Waals surface area contributed by atoms with Gasteiger partial charge in [0.25, 0.3) is 0 Å². The number of aromatic hydroxyl groups is 1. The van der Waals surface area contributed by atoms with Gasteiger partial charge >= 0.3 is 5.97 Å². The van der Waals surface area contributed by atoms with Crippen LogP contribution >= 0.6 is 56.9 Å². The molecule has 0 unspecified atom stereocenters. The van der Waals surface area contributed by atoms with Gasteiger partial charge in [-0.15, -0.1) is 11.8 Å². The molecule has 17 heavy (non-hydrogen) atoms. The fourth-order valence-corrected chi connectivity index (χ4v) is 4.63. The molecule has 0 amide bonds. The van der Waals surface area contributed by atoms with Gasteiger partial charge in [-0.25, -0.2) is 0 Å². The molecule has 0 saturated carbocycles. The topological polar surface area (TPSA) is 69.6 Å². The van der Waals surface area contributed by atoms with Crippen molar-refractivity contribution < 1.29 is 15.0 Å². The van der Waals surface area contributed by atoms with Crippen LogP contribution < -0.4 is 5.32 Å². The molecule has 4 nitrogen and oxygen atoms in total. The summed E-state index contributed by atoms with van der Waals surface area (Å²) in [5, 5.41) is 21.4. The number of benzene rings is 1. The summed E-state index contributed by atoms with van der Waals surface area (Å²) >= 11 is 5.58. The summed E-state index contributed by atoms with van der Waals surface area (Å²) < 4.78 is 1.81. The van der Waals surface area contributed by atoms with Crippen LogP contribution in [0.25, 0.3) is 0 Å². The Morgan fingerprint density at radius 3 is 2.76 bits per heavy atom. The number of halogens is 2. The van der Waals surface area contributed by atoms with Crippen molar-refractivity contribution in [2.45, 2.75) is 10.6 Å². The van der Waals surface area contributed by atoms with E-state index in [4.69, 9.17) is 5.11 Å². The van der Waals surface area contributed by atoms with Crippen molar-refractivity contribution in [1.82, 2.24) is 5.32 Å². The van der Waals surface area contributed by atoms with E-state index in [-0.39, 0.29) is 11.1 Å². The lowest BCUT2D eigenvalue weighted by Crippen LogP contribution is -2.21. The van der Waals surface area contributed by atoms with Gasteiger partial charge in [-0.05, 0) is 57.3 Å². The second-order valence-corrected chi connectivity index (χ2v) is 7.30. The molecule has 1 fully saturated rings. The molecule has 7 heteroatoms. The molecule has 2 atom stereocenters. The molecule has 1 aliphatic heterocycles. The second kappa shape index (κ2) is 5.49. The van der Waals surface area contributed by atoms with Crippen molar-refractivity contribution in [3.8, 4) is 5.75 Å². The highest BCUT2D eigenvalue weighted by atomic mass is 127. The third-order valence-electron chi connectivity index (χ3n) is 2.40. The van der Waals surface area contributed by atoms with E-state index < -0.39 is 11.2 Å². The van der Waals surface area contributed by atoms with Crippen LogP contribution in [0.2, 0.25) is 0 Å². The van der Waals surface area contributed by atoms with Gasteiger partial charge in [0.15, 0.2) is 0 Å². The summed E-state index contributed by atoms with van der Waals surface area (Å²) in [6.45, 7) is 0.423. The van der Waals surface area contributed by atoms with Crippen LogP contribution in [-0.4, -0.2) is 28.0 Å². The quantitative estimate of drug-likeness (QED) is 0.572. The molecule has 1 aromatic carbocycles. The predicted molar refractivity (Wildman–Crippen MR) is 83.3 cm³/mol. The number of hydrogen-bond donors (Lipinski definition) is 3. The Kier molecular flexibility index (Phi) is 4.42. The zero-order chi connectivity index (χ0) is 12.6. The van der Waals surface area contributed by atoms with Crippen LogP contribution in [0.5, 0.6) is 5.75 Å². The first-order valence-electron chi connectivity index (χ1n) is 4.78. The van der Waals surface area contributed by atoms with Crippen LogP contribution in [0.3, 0.4) is 0 Å². The number of carboxylic acid groups (broad SMARTS) is 1. The van der Waals surface area contributed by atoms with Gasteiger partial charge in [-0.1, -0.05) is 0 Å². The number of rotatable bonds is 2. The summed E-state index contributed by atoms with van der Waals surface area (Å²) in [6, 6.07) is 3.77. The summed E-state index contributed by atoms with van der Waals surface area (Å²) in [5.41, 5.74) is 0.759. The molecule has 1 aliphatic rings. The molecular weight excluding hydrogens is 468 g/mol. The van der Waals surface area contributed by atoms with E-state index in [2.05, 4.69) is 50.5 Å². The first-order valence-corrected chi connectivity index (χ1v) is 7.88. The number of phenols is 1. The van der Waals surface area contributed by atoms with Crippen molar-refractivity contribution in [3.63, 3.8) is 0 Å². The summed E-state index contributed by atoms with van der Waals surface area (Å²) in [6.07, 6.45) is 0. The van der Waals surface area contributed by atoms with Gasteiger partial charge in [0.2, 0.25) is 0 Å². The standard InChI is InChI=1S/C10H9I2NO3S/c11-4-1-5(8(14)6(12)2-4)9-13-3-7(17-9)10(15)16/h1-2,7,9,13-14H,3H2,(H,15,16)/t7-,9-/m0/s1. The second-order valence-electron chi connectivity index (χ2n) is 3.58. The number of thioether (sulfide) groups is 1. The molecule has 3 N–H and O–H groups in total. The first kappa shape index (κ1) is 13.7. The molecule has 0 radical (unpaired) electrons. The Bertz CT molecular complexity index is 469. The molecule has 1 saturated heterocycles. The van der Waals surface area contributed by atoms with E-state index in [1.165, 1.54) is 11.8 Å². The minimum Gasteiger partial charge on any atom is -0.506 e. The molecule has 0 aliphatic carbocycles. The SMILES string of the molecule is O=C(O)[C@@H]1CN[C@H](c2cc(I)cc(I)c2O)S1. The number of carboxylic acids is 1. The van der Waals surface area contributed by atoms with Gasteiger partial charge < -0.3 is 10.2 Å². The number of nitrogens with one attached hydrogen (secondary N) is 1. The molecule has 1 heterocycles. The van der Waals surface area contributed by atoms with Crippen LogP contribution in [0.4, 0.5) is 0 Å². The van der Waals surface area contributed by atoms with E-state index in [9.17, 15) is 9.90 Å². The van der Waals surface area contributed by atoms with Crippen molar-refractivity contribution in [2.75, 3.05) is 6.54 Å². The van der Waals surface area contributed by atoms with Gasteiger partial charge in [0.1, 0.15) is 11.0 Å². The van der Waals surface area contributed by atoms with Crippen LogP contribution in [0.1, 0.15) is 10.9 Å². The third-order valence-corrected chi connectivity index (χ3v) is 5.24. The molecule has 0 spiro atoms. The molecular formula is C10H9I2NO3S. The van der Waals surface area contributed by atoms with E-state index >= 15 is 0 Å². The average molecular weight is 477 g/mol. The number of hydrogen-bond acceptors (Lipinski definition) is 4. The molecule has 0 bridgehead atoms. The third kappa shape index (κ3) is 2.99. The normalized spacial score (nSPS) is 23.9. The van der Waals surface area contributed by atoms with Crippen LogP contribution in [0.15, 0.2) is 12.1 Å². The highest BCUT2D eigenvalue weighted by molar-refractivity contribution is 14.1. The molecule has 0 aromatic heterocycles. The first-order chi connectivity index (χ1) is 7.99. The predicted octanol–water partition coefficient (Wildman–Crippen LogP) is 2.39. The zero-order valence-corrected chi connectivity index (χ0v) is 13.6. The average Bonchev–Trinajstić information content (AvgIpc) is 2.72. The summed E-state index contributed by atoms with van der Waals surface area (Å²) in [7, 11) is 0. The number of aliphatic carboxylic acids is 1. The van der Waals surface area contributed by atoms with E-state index in [0.717, 1.165) is 12.7 Å². The van der Waals surface area contributed by atoms with E-state index in [1.807, 2.05) is 12.1 Å². The fourth-order valence-electron chi connectivity index (χ4n) is 1.59. The van der Waals surface area contributed by atoms with Gasteiger partial charge in [0, 0.05) is 15.7 Å². The zero-order valence-electron chi connectivity index (χ0n) is 8.48. The van der Waals surface area contributed by atoms with Crippen molar-refractivity contribution in [2.24, 2.45) is 0 Å². The Balaban J connectivity index is 2.27. The van der Waals surface area contributed by atoms with Crippen LogP contribution in [-0.2, 0) is 4.79 Å². The number of phenolic OH excluding ortho intramolecular Hbond substituents is 1. The molecule has 92 valence electrons. The summed E-state index contributed by atoms with van der Waals surface area (Å²) in [5.74, 6) is -0.577. The van der Waals surface area contributed by atoms with Gasteiger partial charge in [-0.3, -0.25) is 10.1 Å². The highest BCUT2D eigenvalue weighted by Crippen LogP contribution is 2.41.